The molecule has 3 aromatic heterocycles. The lowest BCUT2D eigenvalue weighted by molar-refractivity contribution is 0.570. The largest absolute Gasteiger partial charge is 0.456 e. The van der Waals surface area contributed by atoms with Gasteiger partial charge in [0, 0.05) is 54.8 Å². The Morgan fingerprint density at radius 1 is 0.660 bits per heavy atom. The fourth-order valence-corrected chi connectivity index (χ4v) is 9.06. The van der Waals surface area contributed by atoms with Crippen LogP contribution in [0.25, 0.3) is 83.6 Å². The second-order valence-corrected chi connectivity index (χ2v) is 14.6. The molecule has 0 amide bonds. The zero-order chi connectivity index (χ0) is 35.0. The van der Waals surface area contributed by atoms with Crippen LogP contribution in [-0.4, -0.2) is 9.13 Å². The summed E-state index contributed by atoms with van der Waals surface area (Å²) in [5.41, 5.74) is 12.3. The number of rotatable bonds is 4. The van der Waals surface area contributed by atoms with E-state index in [1.165, 1.54) is 66.0 Å². The van der Waals surface area contributed by atoms with Gasteiger partial charge in [-0.2, -0.15) is 5.26 Å². The van der Waals surface area contributed by atoms with Gasteiger partial charge in [-0.25, -0.2) is 0 Å². The summed E-state index contributed by atoms with van der Waals surface area (Å²) < 4.78 is 11.1. The molecule has 0 N–H and O–H groups in total. The van der Waals surface area contributed by atoms with Crippen molar-refractivity contribution < 1.29 is 4.42 Å². The number of nitriles is 1. The number of hydrogen-bond acceptors (Lipinski definition) is 2. The summed E-state index contributed by atoms with van der Waals surface area (Å²) in [6, 6.07) is 38.2. The van der Waals surface area contributed by atoms with Gasteiger partial charge in [0.05, 0.1) is 28.7 Å². The molecular weight excluding hydrogens is 647 g/mol. The topological polar surface area (TPSA) is 46.8 Å². The first kappa shape index (κ1) is 30.1. The molecule has 0 bridgehead atoms. The van der Waals surface area contributed by atoms with E-state index in [4.69, 9.17) is 4.42 Å². The summed E-state index contributed by atoms with van der Waals surface area (Å²) in [6.45, 7) is 0. The third-order valence-electron chi connectivity index (χ3n) is 11.6. The normalized spacial score (nSPS) is 18.1. The number of para-hydroxylation sites is 1. The van der Waals surface area contributed by atoms with Gasteiger partial charge in [0.15, 0.2) is 0 Å². The molecule has 11 rings (SSSR count). The van der Waals surface area contributed by atoms with Gasteiger partial charge in [-0.05, 0) is 115 Å². The standard InChI is InChI=1S/C49H35N3O/c50-30-31-15-23-48-42(25-31)43-29-35(19-24-49(43)53-48)34-18-22-47-41(28-34)40-27-33(17-21-46(40)52(47)37-11-5-2-6-12-37)32-16-20-45-39(26-32)38-13-7-8-14-44(38)51(45)36-9-3-1-4-10-36/h1,3-5,7-9,11-18,20-29,35-36H,2,6,10,19H2/t35-,36+/m1/s1. The van der Waals surface area contributed by atoms with Gasteiger partial charge in [-0.15, -0.1) is 0 Å². The molecule has 252 valence electrons. The summed E-state index contributed by atoms with van der Waals surface area (Å²) in [4.78, 5) is 0. The molecule has 0 unspecified atom stereocenters. The molecule has 3 aliphatic carbocycles. The van der Waals surface area contributed by atoms with Crippen LogP contribution in [0, 0.1) is 11.3 Å². The van der Waals surface area contributed by atoms with Crippen molar-refractivity contribution in [1.82, 2.24) is 9.13 Å². The number of benzene rings is 5. The fraction of sp³-hybridized carbons (Fsp3) is 0.122. The van der Waals surface area contributed by atoms with Crippen LogP contribution < -0.4 is 10.6 Å². The predicted molar refractivity (Wildman–Crippen MR) is 219 cm³/mol. The van der Waals surface area contributed by atoms with E-state index in [2.05, 4.69) is 149 Å². The Labute approximate surface area is 306 Å². The van der Waals surface area contributed by atoms with Crippen molar-refractivity contribution in [1.29, 1.82) is 5.26 Å². The van der Waals surface area contributed by atoms with Gasteiger partial charge >= 0.3 is 0 Å². The maximum absolute atomic E-state index is 9.57. The van der Waals surface area contributed by atoms with E-state index in [0.717, 1.165) is 47.3 Å². The fourth-order valence-electron chi connectivity index (χ4n) is 9.06. The lowest BCUT2D eigenvalue weighted by Crippen LogP contribution is -2.25. The van der Waals surface area contributed by atoms with Crippen molar-refractivity contribution in [3.05, 3.63) is 161 Å². The van der Waals surface area contributed by atoms with Crippen molar-refractivity contribution in [3.8, 4) is 17.2 Å². The molecule has 0 radical (unpaired) electrons. The smallest absolute Gasteiger partial charge is 0.135 e. The molecule has 0 saturated carbocycles. The van der Waals surface area contributed by atoms with E-state index in [0.29, 0.717) is 11.6 Å². The molecule has 53 heavy (non-hydrogen) atoms. The van der Waals surface area contributed by atoms with Crippen LogP contribution in [0.4, 0.5) is 0 Å². The first-order valence-electron chi connectivity index (χ1n) is 18.7. The van der Waals surface area contributed by atoms with Crippen LogP contribution in [0.5, 0.6) is 0 Å². The quantitative estimate of drug-likeness (QED) is 0.186. The highest BCUT2D eigenvalue weighted by molar-refractivity contribution is 6.13. The molecule has 3 heterocycles. The van der Waals surface area contributed by atoms with Crippen molar-refractivity contribution >= 4 is 72.4 Å². The van der Waals surface area contributed by atoms with Gasteiger partial charge in [-0.1, -0.05) is 78.9 Å². The molecule has 2 atom stereocenters. The van der Waals surface area contributed by atoms with Crippen LogP contribution in [-0.2, 0) is 0 Å². The predicted octanol–water partition coefficient (Wildman–Crippen LogP) is 11.2. The third kappa shape index (κ3) is 4.67. The second kappa shape index (κ2) is 11.7. The number of aromatic nitrogens is 2. The number of hydrogen-bond donors (Lipinski definition) is 0. The molecule has 0 spiro atoms. The molecule has 3 aliphatic rings. The first-order chi connectivity index (χ1) is 26.2. The summed E-state index contributed by atoms with van der Waals surface area (Å²) in [5, 5.41) is 16.8. The molecule has 4 nitrogen and oxygen atoms in total. The van der Waals surface area contributed by atoms with Crippen molar-refractivity contribution in [2.24, 2.45) is 0 Å². The minimum Gasteiger partial charge on any atom is -0.456 e. The number of allylic oxidation sites excluding steroid dienone is 8. The Morgan fingerprint density at radius 3 is 2.26 bits per heavy atom. The number of furan rings is 1. The van der Waals surface area contributed by atoms with E-state index in [-0.39, 0.29) is 5.92 Å². The second-order valence-electron chi connectivity index (χ2n) is 14.6. The molecule has 4 heteroatoms. The Morgan fingerprint density at radius 2 is 1.45 bits per heavy atom. The van der Waals surface area contributed by atoms with Crippen LogP contribution in [0.2, 0.25) is 0 Å². The minimum atomic E-state index is 0.197. The van der Waals surface area contributed by atoms with Crippen LogP contribution in [0.3, 0.4) is 0 Å². The van der Waals surface area contributed by atoms with Gasteiger partial charge in [0.2, 0.25) is 0 Å². The highest BCUT2D eigenvalue weighted by atomic mass is 16.3. The highest BCUT2D eigenvalue weighted by Gasteiger charge is 2.21. The summed E-state index contributed by atoms with van der Waals surface area (Å²) in [5.74, 6) is 0.197. The monoisotopic (exact) mass is 681 g/mol. The zero-order valence-electron chi connectivity index (χ0n) is 29.2. The van der Waals surface area contributed by atoms with Crippen LogP contribution >= 0.6 is 0 Å². The van der Waals surface area contributed by atoms with E-state index in [1.54, 1.807) is 0 Å². The SMILES string of the molecule is N#Cc1ccc2oc3c(c2c1)=C[C@H](c1ccc2c(c1)c1cc(-c4ccc5c(c4)c4ccccc4n5[C@H]4C=CC=CC4)ccc1n2C1=CCCC=C1)CC=3. The lowest BCUT2D eigenvalue weighted by atomic mass is 9.90. The van der Waals surface area contributed by atoms with E-state index in [9.17, 15) is 5.26 Å². The molecule has 8 aromatic rings. The van der Waals surface area contributed by atoms with Gasteiger partial charge < -0.3 is 13.6 Å². The molecule has 0 aliphatic heterocycles. The van der Waals surface area contributed by atoms with Gasteiger partial charge in [0.1, 0.15) is 11.0 Å². The van der Waals surface area contributed by atoms with E-state index >= 15 is 0 Å². The summed E-state index contributed by atoms with van der Waals surface area (Å²) >= 11 is 0. The van der Waals surface area contributed by atoms with Gasteiger partial charge in [-0.3, -0.25) is 0 Å². The summed E-state index contributed by atoms with van der Waals surface area (Å²) in [7, 11) is 0. The maximum atomic E-state index is 9.57. The van der Waals surface area contributed by atoms with Gasteiger partial charge in [0.25, 0.3) is 0 Å². The van der Waals surface area contributed by atoms with Crippen LogP contribution in [0.15, 0.2) is 144 Å². The van der Waals surface area contributed by atoms with Crippen molar-refractivity contribution in [3.63, 3.8) is 0 Å². The number of nitrogens with zero attached hydrogens (tertiary/aromatic N) is 3. The molecular formula is C49H35N3O. The Balaban J connectivity index is 1.08. The first-order valence-corrected chi connectivity index (χ1v) is 18.7. The Hall–Kier alpha value is -6.57. The minimum absolute atomic E-state index is 0.197. The van der Waals surface area contributed by atoms with E-state index in [1.807, 2.05) is 18.2 Å². The average Bonchev–Trinajstić information content (AvgIpc) is 3.87. The lowest BCUT2D eigenvalue weighted by Gasteiger charge is -2.18. The third-order valence-corrected chi connectivity index (χ3v) is 11.6. The maximum Gasteiger partial charge on any atom is 0.135 e. The van der Waals surface area contributed by atoms with Crippen molar-refractivity contribution in [2.45, 2.75) is 37.6 Å². The van der Waals surface area contributed by atoms with Crippen LogP contribution in [0.1, 0.15) is 48.8 Å². The average molecular weight is 682 g/mol. The molecule has 0 saturated heterocycles. The Kier molecular flexibility index (Phi) is 6.66. The highest BCUT2D eigenvalue weighted by Crippen LogP contribution is 2.40. The Bertz CT molecular complexity index is 3150. The van der Waals surface area contributed by atoms with E-state index < -0.39 is 0 Å². The van der Waals surface area contributed by atoms with Crippen molar-refractivity contribution in [2.75, 3.05) is 0 Å². The zero-order valence-corrected chi connectivity index (χ0v) is 29.2. The molecule has 5 aromatic carbocycles. The molecule has 0 fully saturated rings. The summed E-state index contributed by atoms with van der Waals surface area (Å²) in [6.07, 6.45) is 24.4. The number of fused-ring (bicyclic) bond motifs is 9.